The molecule has 1 heterocycles. The molecule has 0 radical (unpaired) electrons. The Balaban J connectivity index is 1.72. The van der Waals surface area contributed by atoms with Gasteiger partial charge in [0.05, 0.1) is 27.4 Å². The average Bonchev–Trinajstić information content (AvgIpc) is 3.14. The van der Waals surface area contributed by atoms with Gasteiger partial charge in [0.15, 0.2) is 12.4 Å². The number of hydrogen-bond donors (Lipinski definition) is 1. The van der Waals surface area contributed by atoms with Gasteiger partial charge in [-0.25, -0.2) is 0 Å². The maximum absolute atomic E-state index is 11.9. The van der Waals surface area contributed by atoms with Crippen molar-refractivity contribution in [2.45, 2.75) is 25.8 Å². The van der Waals surface area contributed by atoms with Crippen LogP contribution < -0.4 is 5.32 Å². The van der Waals surface area contributed by atoms with Crippen molar-refractivity contribution in [3.05, 3.63) is 56.2 Å². The van der Waals surface area contributed by atoms with Gasteiger partial charge in [-0.3, -0.25) is 14.4 Å². The molecule has 0 saturated heterocycles. The molecule has 1 N–H and O–H groups in total. The van der Waals surface area contributed by atoms with Crippen molar-refractivity contribution >= 4 is 52.2 Å². The van der Waals surface area contributed by atoms with E-state index in [1.165, 1.54) is 11.3 Å². The number of carbonyl (C=O) groups excluding carboxylic acids is 3. The number of nitrogens with one attached hydrogen (secondary N) is 1. The molecule has 0 bridgehead atoms. The van der Waals surface area contributed by atoms with Gasteiger partial charge < -0.3 is 10.1 Å². The summed E-state index contributed by atoms with van der Waals surface area (Å²) in [6.07, 6.45) is -0.00694. The first-order valence-corrected chi connectivity index (χ1v) is 9.47. The summed E-state index contributed by atoms with van der Waals surface area (Å²) in [5, 5.41) is 5.32. The minimum atomic E-state index is -0.591. The highest BCUT2D eigenvalue weighted by Gasteiger charge is 2.14. The second-order valence-electron chi connectivity index (χ2n) is 5.52. The molecule has 138 valence electrons. The van der Waals surface area contributed by atoms with Crippen LogP contribution in [-0.2, 0) is 14.3 Å². The summed E-state index contributed by atoms with van der Waals surface area (Å²) >= 11 is 13.1. The first kappa shape index (κ1) is 20.4. The quantitative estimate of drug-likeness (QED) is 0.512. The highest BCUT2D eigenvalue weighted by Crippen LogP contribution is 2.25. The van der Waals surface area contributed by atoms with Crippen LogP contribution in [0.3, 0.4) is 0 Å². The summed E-state index contributed by atoms with van der Waals surface area (Å²) in [4.78, 5) is 36.0. The van der Waals surface area contributed by atoms with Crippen LogP contribution in [-0.4, -0.2) is 24.3 Å². The molecule has 1 aromatic heterocycles. The van der Waals surface area contributed by atoms with E-state index in [2.05, 4.69) is 5.32 Å². The number of Topliss-reactive ketones (excluding diaryl/α,β-unsaturated/α-hetero) is 1. The number of carbonyl (C=O) groups is 3. The second-order valence-corrected chi connectivity index (χ2v) is 7.29. The Hall–Kier alpha value is -1.89. The fraction of sp³-hybridized carbons (Fsp3) is 0.278. The lowest BCUT2D eigenvalue weighted by Gasteiger charge is -2.15. The van der Waals surface area contributed by atoms with Gasteiger partial charge in [-0.05, 0) is 36.1 Å². The highest BCUT2D eigenvalue weighted by atomic mass is 35.5. The number of thiophene rings is 1. The van der Waals surface area contributed by atoms with E-state index in [0.29, 0.717) is 14.9 Å². The molecule has 0 aliphatic rings. The summed E-state index contributed by atoms with van der Waals surface area (Å²) in [5.74, 6) is -1.15. The zero-order valence-electron chi connectivity index (χ0n) is 14.0. The van der Waals surface area contributed by atoms with E-state index in [-0.39, 0.29) is 24.7 Å². The number of ketones is 1. The molecule has 1 amide bonds. The summed E-state index contributed by atoms with van der Waals surface area (Å²) in [7, 11) is 0. The van der Waals surface area contributed by atoms with Crippen LogP contribution in [0.2, 0.25) is 10.0 Å². The van der Waals surface area contributed by atoms with Crippen molar-refractivity contribution in [1.29, 1.82) is 0 Å². The molecule has 2 aromatic rings. The zero-order valence-corrected chi connectivity index (χ0v) is 16.3. The van der Waals surface area contributed by atoms with Crippen LogP contribution in [0.4, 0.5) is 0 Å². The molecule has 0 fully saturated rings. The molecular formula is C18H17Cl2NO4S. The van der Waals surface area contributed by atoms with E-state index >= 15 is 0 Å². The average molecular weight is 414 g/mol. The van der Waals surface area contributed by atoms with Gasteiger partial charge in [0.2, 0.25) is 0 Å². The minimum Gasteiger partial charge on any atom is -0.456 e. The van der Waals surface area contributed by atoms with Crippen molar-refractivity contribution in [2.75, 3.05) is 6.61 Å². The van der Waals surface area contributed by atoms with Crippen molar-refractivity contribution in [3.8, 4) is 0 Å². The predicted molar refractivity (Wildman–Crippen MR) is 102 cm³/mol. The first-order chi connectivity index (χ1) is 12.4. The normalized spacial score (nSPS) is 11.7. The topological polar surface area (TPSA) is 72.5 Å². The SMILES string of the molecule is C[C@H](NC(=O)COC(=O)CCC(=O)c1cccs1)c1ccc(Cl)c(Cl)c1. The fourth-order valence-electron chi connectivity index (χ4n) is 2.14. The van der Waals surface area contributed by atoms with Crippen LogP contribution in [0.1, 0.15) is 41.0 Å². The molecule has 26 heavy (non-hydrogen) atoms. The Morgan fingerprint density at radius 3 is 2.58 bits per heavy atom. The van der Waals surface area contributed by atoms with E-state index in [1.807, 2.05) is 0 Å². The maximum Gasteiger partial charge on any atom is 0.306 e. The number of amides is 1. The third-order valence-electron chi connectivity index (χ3n) is 3.54. The van der Waals surface area contributed by atoms with Crippen molar-refractivity contribution in [3.63, 3.8) is 0 Å². The van der Waals surface area contributed by atoms with E-state index in [4.69, 9.17) is 27.9 Å². The molecule has 5 nitrogen and oxygen atoms in total. The fourth-order valence-corrected chi connectivity index (χ4v) is 3.14. The number of halogens is 2. The lowest BCUT2D eigenvalue weighted by molar-refractivity contribution is -0.148. The van der Waals surface area contributed by atoms with Crippen LogP contribution >= 0.6 is 34.5 Å². The number of esters is 1. The van der Waals surface area contributed by atoms with Crippen LogP contribution in [0.25, 0.3) is 0 Å². The molecule has 0 unspecified atom stereocenters. The van der Waals surface area contributed by atoms with Crippen LogP contribution in [0.5, 0.6) is 0 Å². The van der Waals surface area contributed by atoms with Gasteiger partial charge in [-0.1, -0.05) is 35.3 Å². The Labute approximate surface area is 165 Å². The Morgan fingerprint density at radius 2 is 1.92 bits per heavy atom. The van der Waals surface area contributed by atoms with Gasteiger partial charge in [0, 0.05) is 6.42 Å². The Kier molecular flexibility index (Phi) is 7.63. The number of ether oxygens (including phenoxy) is 1. The van der Waals surface area contributed by atoms with Crippen molar-refractivity contribution in [1.82, 2.24) is 5.32 Å². The molecule has 0 aliphatic carbocycles. The van der Waals surface area contributed by atoms with Gasteiger partial charge in [0.1, 0.15) is 0 Å². The third kappa shape index (κ3) is 6.12. The highest BCUT2D eigenvalue weighted by molar-refractivity contribution is 7.12. The van der Waals surface area contributed by atoms with Gasteiger partial charge in [0.25, 0.3) is 5.91 Å². The molecule has 0 spiro atoms. The van der Waals surface area contributed by atoms with E-state index in [1.54, 1.807) is 42.6 Å². The third-order valence-corrected chi connectivity index (χ3v) is 5.19. The summed E-state index contributed by atoms with van der Waals surface area (Å²) in [6, 6.07) is 8.22. The van der Waals surface area contributed by atoms with E-state index < -0.39 is 18.5 Å². The zero-order chi connectivity index (χ0) is 19.1. The van der Waals surface area contributed by atoms with Crippen LogP contribution in [0.15, 0.2) is 35.7 Å². The molecule has 1 atom stereocenters. The second kappa shape index (κ2) is 9.71. The smallest absolute Gasteiger partial charge is 0.306 e. The summed E-state index contributed by atoms with van der Waals surface area (Å²) in [5.41, 5.74) is 0.778. The standard InChI is InChI=1S/C18H17Cl2NO4S/c1-11(12-4-5-13(19)14(20)9-12)21-17(23)10-25-18(24)7-6-15(22)16-3-2-8-26-16/h2-5,8-9,11H,6-7,10H2,1H3,(H,21,23)/t11-/m0/s1. The Bertz CT molecular complexity index is 792. The van der Waals surface area contributed by atoms with E-state index in [9.17, 15) is 14.4 Å². The lowest BCUT2D eigenvalue weighted by Crippen LogP contribution is -2.31. The molecule has 1 aromatic carbocycles. The lowest BCUT2D eigenvalue weighted by atomic mass is 10.1. The minimum absolute atomic E-state index is 0.0562. The van der Waals surface area contributed by atoms with Gasteiger partial charge in [-0.2, -0.15) is 0 Å². The van der Waals surface area contributed by atoms with Gasteiger partial charge >= 0.3 is 5.97 Å². The van der Waals surface area contributed by atoms with E-state index in [0.717, 1.165) is 5.56 Å². The monoisotopic (exact) mass is 413 g/mol. The van der Waals surface area contributed by atoms with Crippen molar-refractivity contribution in [2.24, 2.45) is 0 Å². The van der Waals surface area contributed by atoms with Gasteiger partial charge in [-0.15, -0.1) is 11.3 Å². The largest absolute Gasteiger partial charge is 0.456 e. The maximum atomic E-state index is 11.9. The molecule has 0 aliphatic heterocycles. The molecular weight excluding hydrogens is 397 g/mol. The summed E-state index contributed by atoms with van der Waals surface area (Å²) < 4.78 is 4.90. The van der Waals surface area contributed by atoms with Crippen LogP contribution in [0, 0.1) is 0 Å². The molecule has 2 rings (SSSR count). The molecule has 8 heteroatoms. The number of hydrogen-bond acceptors (Lipinski definition) is 5. The predicted octanol–water partition coefficient (Wildman–Crippen LogP) is 4.44. The summed E-state index contributed by atoms with van der Waals surface area (Å²) in [6.45, 7) is 1.37. The Morgan fingerprint density at radius 1 is 1.15 bits per heavy atom. The number of benzene rings is 1. The first-order valence-electron chi connectivity index (χ1n) is 7.83. The molecule has 0 saturated carbocycles. The number of rotatable bonds is 8. The van der Waals surface area contributed by atoms with Crippen molar-refractivity contribution < 1.29 is 19.1 Å².